The standard InChI is InChI=1S/C21H24ClNO5S/c1-5-27-21(26)18-13(3)19(14(4)24)29-20(18)23-17(25)7-6-10-28-15-8-9-16(22)12(2)11-15/h8-9,11H,5-7,10H2,1-4H3,(H,23,25). The van der Waals surface area contributed by atoms with Gasteiger partial charge in [-0.3, -0.25) is 9.59 Å². The summed E-state index contributed by atoms with van der Waals surface area (Å²) >= 11 is 7.08. The van der Waals surface area contributed by atoms with Gasteiger partial charge in [-0.1, -0.05) is 11.6 Å². The number of rotatable bonds is 9. The number of hydrogen-bond acceptors (Lipinski definition) is 6. The van der Waals surface area contributed by atoms with Gasteiger partial charge in [-0.15, -0.1) is 11.3 Å². The largest absolute Gasteiger partial charge is 0.494 e. The van der Waals surface area contributed by atoms with E-state index in [4.69, 9.17) is 21.1 Å². The zero-order chi connectivity index (χ0) is 21.6. The van der Waals surface area contributed by atoms with E-state index in [9.17, 15) is 14.4 Å². The maximum Gasteiger partial charge on any atom is 0.341 e. The van der Waals surface area contributed by atoms with Gasteiger partial charge in [0.1, 0.15) is 10.8 Å². The summed E-state index contributed by atoms with van der Waals surface area (Å²) in [5.41, 5.74) is 1.68. The number of anilines is 1. The highest BCUT2D eigenvalue weighted by Crippen LogP contribution is 2.34. The van der Waals surface area contributed by atoms with Crippen molar-refractivity contribution >= 4 is 45.6 Å². The third-order valence-electron chi connectivity index (χ3n) is 4.15. The van der Waals surface area contributed by atoms with Crippen LogP contribution in [0.5, 0.6) is 5.75 Å². The quantitative estimate of drug-likeness (QED) is 0.331. The summed E-state index contributed by atoms with van der Waals surface area (Å²) in [4.78, 5) is 36.8. The van der Waals surface area contributed by atoms with Gasteiger partial charge in [0.15, 0.2) is 5.78 Å². The Hall–Kier alpha value is -2.38. The molecule has 0 saturated heterocycles. The van der Waals surface area contributed by atoms with Gasteiger partial charge in [-0.05, 0) is 63.4 Å². The molecule has 2 rings (SSSR count). The zero-order valence-corrected chi connectivity index (χ0v) is 18.5. The molecular weight excluding hydrogens is 414 g/mol. The van der Waals surface area contributed by atoms with Crippen LogP contribution in [0.4, 0.5) is 5.00 Å². The van der Waals surface area contributed by atoms with E-state index in [1.165, 1.54) is 6.92 Å². The van der Waals surface area contributed by atoms with E-state index in [2.05, 4.69) is 5.32 Å². The van der Waals surface area contributed by atoms with Gasteiger partial charge < -0.3 is 14.8 Å². The number of amides is 1. The number of ketones is 1. The first-order valence-corrected chi connectivity index (χ1v) is 10.4. The van der Waals surface area contributed by atoms with Crippen LogP contribution >= 0.6 is 22.9 Å². The van der Waals surface area contributed by atoms with Gasteiger partial charge in [0.2, 0.25) is 5.91 Å². The number of esters is 1. The molecule has 0 aliphatic heterocycles. The summed E-state index contributed by atoms with van der Waals surface area (Å²) in [6, 6.07) is 5.38. The predicted octanol–water partition coefficient (Wildman–Crippen LogP) is 5.20. The fourth-order valence-corrected chi connectivity index (χ4v) is 3.93. The molecule has 0 unspecified atom stereocenters. The highest BCUT2D eigenvalue weighted by Gasteiger charge is 2.25. The first kappa shape index (κ1) is 22.9. The Balaban J connectivity index is 1.97. The third-order valence-corrected chi connectivity index (χ3v) is 5.88. The van der Waals surface area contributed by atoms with Crippen molar-refractivity contribution in [3.63, 3.8) is 0 Å². The number of carbonyl (C=O) groups is 3. The number of benzene rings is 1. The molecule has 1 heterocycles. The molecule has 1 N–H and O–H groups in total. The predicted molar refractivity (Wildman–Crippen MR) is 115 cm³/mol. The van der Waals surface area contributed by atoms with Gasteiger partial charge in [0.25, 0.3) is 0 Å². The van der Waals surface area contributed by atoms with E-state index < -0.39 is 5.97 Å². The number of carbonyl (C=O) groups excluding carboxylic acids is 3. The number of Topliss-reactive ketones (excluding diaryl/α,β-unsaturated/α-hetero) is 1. The molecule has 1 aromatic carbocycles. The number of halogens is 1. The molecular formula is C21H24ClNO5S. The second-order valence-electron chi connectivity index (χ2n) is 6.45. The lowest BCUT2D eigenvalue weighted by Gasteiger charge is -2.09. The number of thiophene rings is 1. The Bertz CT molecular complexity index is 922. The van der Waals surface area contributed by atoms with Crippen LogP contribution in [0.3, 0.4) is 0 Å². The molecule has 29 heavy (non-hydrogen) atoms. The van der Waals surface area contributed by atoms with E-state index in [1.807, 2.05) is 13.0 Å². The first-order chi connectivity index (χ1) is 13.7. The topological polar surface area (TPSA) is 81.7 Å². The summed E-state index contributed by atoms with van der Waals surface area (Å²) in [5.74, 6) is -0.282. The molecule has 0 radical (unpaired) electrons. The summed E-state index contributed by atoms with van der Waals surface area (Å²) in [7, 11) is 0. The van der Waals surface area contributed by atoms with E-state index in [1.54, 1.807) is 26.0 Å². The highest BCUT2D eigenvalue weighted by molar-refractivity contribution is 7.18. The van der Waals surface area contributed by atoms with Crippen molar-refractivity contribution in [1.29, 1.82) is 0 Å². The van der Waals surface area contributed by atoms with E-state index in [0.717, 1.165) is 16.9 Å². The molecule has 8 heteroatoms. The Morgan fingerprint density at radius 1 is 1.21 bits per heavy atom. The van der Waals surface area contributed by atoms with E-state index in [0.29, 0.717) is 39.2 Å². The van der Waals surface area contributed by atoms with Crippen molar-refractivity contribution in [3.05, 3.63) is 44.8 Å². The summed E-state index contributed by atoms with van der Waals surface area (Å²) < 4.78 is 10.7. The lowest BCUT2D eigenvalue weighted by molar-refractivity contribution is -0.116. The fraction of sp³-hybridized carbons (Fsp3) is 0.381. The van der Waals surface area contributed by atoms with Crippen LogP contribution in [-0.2, 0) is 9.53 Å². The molecule has 0 aliphatic carbocycles. The summed E-state index contributed by atoms with van der Waals surface area (Å²) in [6.07, 6.45) is 0.702. The molecule has 0 spiro atoms. The summed E-state index contributed by atoms with van der Waals surface area (Å²) in [6.45, 7) is 7.26. The minimum Gasteiger partial charge on any atom is -0.494 e. The molecule has 0 atom stereocenters. The Morgan fingerprint density at radius 3 is 2.55 bits per heavy atom. The highest BCUT2D eigenvalue weighted by atomic mass is 35.5. The smallest absolute Gasteiger partial charge is 0.341 e. The lowest BCUT2D eigenvalue weighted by atomic mass is 10.1. The van der Waals surface area contributed by atoms with Crippen LogP contribution in [0, 0.1) is 13.8 Å². The zero-order valence-electron chi connectivity index (χ0n) is 16.9. The molecule has 1 aromatic heterocycles. The summed E-state index contributed by atoms with van der Waals surface area (Å²) in [5, 5.41) is 3.74. The maximum atomic E-state index is 12.3. The van der Waals surface area contributed by atoms with Crippen molar-refractivity contribution in [3.8, 4) is 5.75 Å². The van der Waals surface area contributed by atoms with Gasteiger partial charge in [-0.2, -0.15) is 0 Å². The Morgan fingerprint density at radius 2 is 1.93 bits per heavy atom. The molecule has 0 fully saturated rings. The Kier molecular flexibility index (Phi) is 8.22. The second kappa shape index (κ2) is 10.4. The van der Waals surface area contributed by atoms with Crippen molar-refractivity contribution in [2.75, 3.05) is 18.5 Å². The lowest BCUT2D eigenvalue weighted by Crippen LogP contribution is -2.15. The van der Waals surface area contributed by atoms with Crippen LogP contribution in [0.15, 0.2) is 18.2 Å². The monoisotopic (exact) mass is 437 g/mol. The van der Waals surface area contributed by atoms with Gasteiger partial charge in [-0.25, -0.2) is 4.79 Å². The maximum absolute atomic E-state index is 12.3. The van der Waals surface area contributed by atoms with Crippen LogP contribution < -0.4 is 10.1 Å². The second-order valence-corrected chi connectivity index (χ2v) is 7.88. The van der Waals surface area contributed by atoms with Gasteiger partial charge in [0.05, 0.1) is 23.7 Å². The van der Waals surface area contributed by atoms with Gasteiger partial charge in [0, 0.05) is 11.4 Å². The van der Waals surface area contributed by atoms with Crippen molar-refractivity contribution < 1.29 is 23.9 Å². The van der Waals surface area contributed by atoms with E-state index >= 15 is 0 Å². The first-order valence-electron chi connectivity index (χ1n) is 9.24. The molecule has 0 aliphatic rings. The minimum absolute atomic E-state index is 0.162. The SMILES string of the molecule is CCOC(=O)c1c(NC(=O)CCCOc2ccc(Cl)c(C)c2)sc(C(C)=O)c1C. The van der Waals surface area contributed by atoms with Crippen LogP contribution in [-0.4, -0.2) is 30.9 Å². The number of nitrogens with one attached hydrogen (secondary N) is 1. The van der Waals surface area contributed by atoms with Crippen molar-refractivity contribution in [1.82, 2.24) is 0 Å². The molecule has 1 amide bonds. The molecule has 0 bridgehead atoms. The number of hydrogen-bond donors (Lipinski definition) is 1. The van der Waals surface area contributed by atoms with Crippen LogP contribution in [0.25, 0.3) is 0 Å². The average molecular weight is 438 g/mol. The van der Waals surface area contributed by atoms with Crippen molar-refractivity contribution in [2.24, 2.45) is 0 Å². The van der Waals surface area contributed by atoms with Gasteiger partial charge >= 0.3 is 5.97 Å². The van der Waals surface area contributed by atoms with Crippen LogP contribution in [0.2, 0.25) is 5.02 Å². The number of aryl methyl sites for hydroxylation is 1. The molecule has 0 saturated carbocycles. The van der Waals surface area contributed by atoms with Crippen molar-refractivity contribution in [2.45, 2.75) is 40.5 Å². The van der Waals surface area contributed by atoms with Crippen LogP contribution in [0.1, 0.15) is 57.8 Å². The fourth-order valence-electron chi connectivity index (χ4n) is 2.71. The molecule has 6 nitrogen and oxygen atoms in total. The average Bonchev–Trinajstić information content (AvgIpc) is 2.98. The number of ether oxygens (including phenoxy) is 2. The normalized spacial score (nSPS) is 10.5. The molecule has 156 valence electrons. The third kappa shape index (κ3) is 6.05. The molecule has 2 aromatic rings. The minimum atomic E-state index is -0.550. The van der Waals surface area contributed by atoms with E-state index in [-0.39, 0.29) is 30.3 Å². The Labute approximate surface area is 179 Å².